The Morgan fingerprint density at radius 3 is 2.85 bits per heavy atom. The molecule has 104 valence electrons. The summed E-state index contributed by atoms with van der Waals surface area (Å²) in [5.41, 5.74) is 0.734. The molecule has 1 N–H and O–H groups in total. The van der Waals surface area contributed by atoms with Gasteiger partial charge in [-0.1, -0.05) is 23.7 Å². The van der Waals surface area contributed by atoms with E-state index in [1.54, 1.807) is 24.3 Å². The van der Waals surface area contributed by atoms with Crippen molar-refractivity contribution in [3.05, 3.63) is 58.4 Å². The Balaban J connectivity index is 2.37. The maximum Gasteiger partial charge on any atom is 0.313 e. The largest absolute Gasteiger partial charge is 0.481 e. The minimum absolute atomic E-state index is 0.107. The van der Waals surface area contributed by atoms with Crippen LogP contribution in [0.5, 0.6) is 0 Å². The molecule has 0 aliphatic heterocycles. The van der Waals surface area contributed by atoms with Gasteiger partial charge in [-0.2, -0.15) is 0 Å². The number of carbonyl (C=O) groups is 1. The van der Waals surface area contributed by atoms with Gasteiger partial charge in [0.15, 0.2) is 5.82 Å². The zero-order chi connectivity index (χ0) is 14.7. The second-order valence-corrected chi connectivity index (χ2v) is 4.82. The lowest BCUT2D eigenvalue weighted by Crippen LogP contribution is -2.18. The highest BCUT2D eigenvalue weighted by Gasteiger charge is 2.26. The quantitative estimate of drug-likeness (QED) is 0.941. The molecule has 20 heavy (non-hydrogen) atoms. The summed E-state index contributed by atoms with van der Waals surface area (Å²) in [5, 5.41) is 9.82. The van der Waals surface area contributed by atoms with Crippen LogP contribution in [-0.4, -0.2) is 21.0 Å². The van der Waals surface area contributed by atoms with Gasteiger partial charge in [0.25, 0.3) is 0 Å². The van der Waals surface area contributed by atoms with E-state index in [0.29, 0.717) is 10.6 Å². The van der Waals surface area contributed by atoms with Crippen LogP contribution in [0, 0.1) is 12.7 Å². The van der Waals surface area contributed by atoms with Gasteiger partial charge in [0.2, 0.25) is 0 Å². The number of rotatable bonds is 4. The summed E-state index contributed by atoms with van der Waals surface area (Å²) in [6.45, 7) is 1.47. The summed E-state index contributed by atoms with van der Waals surface area (Å²) in [5.74, 6) is -2.89. The molecule has 0 aliphatic rings. The smallest absolute Gasteiger partial charge is 0.313 e. The molecule has 4 nitrogen and oxygen atoms in total. The zero-order valence-corrected chi connectivity index (χ0v) is 11.4. The Morgan fingerprint density at radius 1 is 1.45 bits per heavy atom. The molecule has 0 fully saturated rings. The molecular weight excluding hydrogens is 283 g/mol. The molecule has 1 aromatic heterocycles. The third-order valence-corrected chi connectivity index (χ3v) is 3.18. The predicted octanol–water partition coefficient (Wildman–Crippen LogP) is 2.99. The first-order valence-corrected chi connectivity index (χ1v) is 6.31. The molecule has 2 rings (SSSR count). The average molecular weight is 295 g/mol. The minimum Gasteiger partial charge on any atom is -0.481 e. The van der Waals surface area contributed by atoms with E-state index in [1.165, 1.54) is 13.3 Å². The number of hydrogen-bond donors (Lipinski definition) is 1. The summed E-state index contributed by atoms with van der Waals surface area (Å²) >= 11 is 5.86. The second kappa shape index (κ2) is 5.96. The number of aliphatic carboxylic acids is 1. The number of benzene rings is 1. The van der Waals surface area contributed by atoms with Gasteiger partial charge in [-0.15, -0.1) is 0 Å². The SMILES string of the molecule is Cc1ncnc(C(Cc2cccc(Cl)c2)C(=O)O)c1F. The van der Waals surface area contributed by atoms with Crippen molar-refractivity contribution >= 4 is 17.6 Å². The van der Waals surface area contributed by atoms with Crippen LogP contribution in [-0.2, 0) is 11.2 Å². The summed E-state index contributed by atoms with van der Waals surface area (Å²) < 4.78 is 14.0. The molecule has 1 heterocycles. The molecule has 1 atom stereocenters. The van der Waals surface area contributed by atoms with Crippen LogP contribution in [0.15, 0.2) is 30.6 Å². The Bertz CT molecular complexity index is 649. The molecule has 6 heteroatoms. The number of halogens is 2. The fourth-order valence-electron chi connectivity index (χ4n) is 1.92. The molecule has 2 aromatic rings. The van der Waals surface area contributed by atoms with Crippen molar-refractivity contribution in [2.24, 2.45) is 0 Å². The zero-order valence-electron chi connectivity index (χ0n) is 10.7. The van der Waals surface area contributed by atoms with Crippen molar-refractivity contribution in [1.29, 1.82) is 0 Å². The van der Waals surface area contributed by atoms with Crippen LogP contribution < -0.4 is 0 Å². The van der Waals surface area contributed by atoms with E-state index in [9.17, 15) is 14.3 Å². The third-order valence-electron chi connectivity index (χ3n) is 2.95. The lowest BCUT2D eigenvalue weighted by molar-refractivity contribution is -0.138. The van der Waals surface area contributed by atoms with Crippen LogP contribution >= 0.6 is 11.6 Å². The Morgan fingerprint density at radius 2 is 2.20 bits per heavy atom. The number of aromatic nitrogens is 2. The van der Waals surface area contributed by atoms with Crippen LogP contribution in [0.25, 0.3) is 0 Å². The van der Waals surface area contributed by atoms with Gasteiger partial charge >= 0.3 is 5.97 Å². The van der Waals surface area contributed by atoms with Gasteiger partial charge in [0.05, 0.1) is 11.4 Å². The summed E-state index contributed by atoms with van der Waals surface area (Å²) in [4.78, 5) is 18.9. The van der Waals surface area contributed by atoms with Crippen molar-refractivity contribution < 1.29 is 14.3 Å². The predicted molar refractivity (Wildman–Crippen MR) is 72.3 cm³/mol. The summed E-state index contributed by atoms with van der Waals surface area (Å²) in [7, 11) is 0. The van der Waals surface area contributed by atoms with Gasteiger partial charge in [-0.25, -0.2) is 14.4 Å². The molecule has 0 radical (unpaired) electrons. The van der Waals surface area contributed by atoms with Gasteiger partial charge in [0.1, 0.15) is 12.2 Å². The molecule has 0 bridgehead atoms. The Hall–Kier alpha value is -2.01. The highest BCUT2D eigenvalue weighted by Crippen LogP contribution is 2.24. The fraction of sp³-hybridized carbons (Fsp3) is 0.214. The van der Waals surface area contributed by atoms with E-state index in [4.69, 9.17) is 11.6 Å². The standard InChI is InChI=1S/C14H12ClFN2O2/c1-8-12(16)13(18-7-17-8)11(14(19)20)6-9-3-2-4-10(15)5-9/h2-5,7,11H,6H2,1H3,(H,19,20). The minimum atomic E-state index is -1.14. The average Bonchev–Trinajstić information content (AvgIpc) is 2.39. The van der Waals surface area contributed by atoms with E-state index >= 15 is 0 Å². The molecule has 0 aliphatic carbocycles. The Kier molecular flexibility index (Phi) is 4.29. The van der Waals surface area contributed by atoms with Crippen LogP contribution in [0.2, 0.25) is 5.02 Å². The van der Waals surface area contributed by atoms with E-state index in [1.807, 2.05) is 0 Å². The van der Waals surface area contributed by atoms with Crippen molar-refractivity contribution in [1.82, 2.24) is 9.97 Å². The number of hydrogen-bond acceptors (Lipinski definition) is 3. The summed E-state index contributed by atoms with van der Waals surface area (Å²) in [6.07, 6.45) is 1.28. The van der Waals surface area contributed by atoms with Crippen LogP contribution in [0.3, 0.4) is 0 Å². The highest BCUT2D eigenvalue weighted by molar-refractivity contribution is 6.30. The highest BCUT2D eigenvalue weighted by atomic mass is 35.5. The van der Waals surface area contributed by atoms with Gasteiger partial charge < -0.3 is 5.11 Å². The first-order chi connectivity index (χ1) is 9.49. The van der Waals surface area contributed by atoms with Crippen LogP contribution in [0.1, 0.15) is 22.9 Å². The van der Waals surface area contributed by atoms with Crippen molar-refractivity contribution in [3.8, 4) is 0 Å². The lowest BCUT2D eigenvalue weighted by atomic mass is 9.95. The molecule has 0 spiro atoms. The first-order valence-electron chi connectivity index (χ1n) is 5.93. The van der Waals surface area contributed by atoms with Gasteiger partial charge in [-0.05, 0) is 31.0 Å². The summed E-state index contributed by atoms with van der Waals surface area (Å²) in [6, 6.07) is 6.81. The molecular formula is C14H12ClFN2O2. The second-order valence-electron chi connectivity index (χ2n) is 4.38. The topological polar surface area (TPSA) is 63.1 Å². The normalized spacial score (nSPS) is 12.2. The van der Waals surface area contributed by atoms with E-state index < -0.39 is 17.7 Å². The number of carboxylic acid groups (broad SMARTS) is 1. The van der Waals surface area contributed by atoms with E-state index in [-0.39, 0.29) is 17.8 Å². The molecule has 1 unspecified atom stereocenters. The Labute approximate surface area is 120 Å². The van der Waals surface area contributed by atoms with Crippen LogP contribution in [0.4, 0.5) is 4.39 Å². The first kappa shape index (κ1) is 14.4. The monoisotopic (exact) mass is 294 g/mol. The maximum atomic E-state index is 14.0. The fourth-order valence-corrected chi connectivity index (χ4v) is 2.13. The van der Waals surface area contributed by atoms with Gasteiger partial charge in [-0.3, -0.25) is 4.79 Å². The third kappa shape index (κ3) is 3.11. The van der Waals surface area contributed by atoms with E-state index in [0.717, 1.165) is 0 Å². The molecule has 0 saturated heterocycles. The maximum absolute atomic E-state index is 14.0. The molecule has 1 aromatic carbocycles. The van der Waals surface area contributed by atoms with Crippen molar-refractivity contribution in [3.63, 3.8) is 0 Å². The number of aryl methyl sites for hydroxylation is 1. The van der Waals surface area contributed by atoms with E-state index in [2.05, 4.69) is 9.97 Å². The number of nitrogens with zero attached hydrogens (tertiary/aromatic N) is 2. The lowest BCUT2D eigenvalue weighted by Gasteiger charge is -2.13. The van der Waals surface area contributed by atoms with Gasteiger partial charge in [0, 0.05) is 5.02 Å². The number of carboxylic acids is 1. The molecule has 0 amide bonds. The van der Waals surface area contributed by atoms with Crippen molar-refractivity contribution in [2.45, 2.75) is 19.3 Å². The molecule has 0 saturated carbocycles. The van der Waals surface area contributed by atoms with Crippen molar-refractivity contribution in [2.75, 3.05) is 0 Å².